The summed E-state index contributed by atoms with van der Waals surface area (Å²) >= 11 is 0. The highest BCUT2D eigenvalue weighted by molar-refractivity contribution is 5.62. The maximum absolute atomic E-state index is 5.95. The normalized spacial score (nSPS) is 15.6. The van der Waals surface area contributed by atoms with Crippen molar-refractivity contribution in [2.24, 2.45) is 7.05 Å². The second kappa shape index (κ2) is 4.13. The molecule has 4 heteroatoms. The summed E-state index contributed by atoms with van der Waals surface area (Å²) in [5.74, 6) is 0.980. The third kappa shape index (κ3) is 2.25. The van der Waals surface area contributed by atoms with Crippen molar-refractivity contribution in [1.29, 1.82) is 0 Å². The lowest BCUT2D eigenvalue weighted by molar-refractivity contribution is 0.686. The molecule has 84 valence electrons. The summed E-state index contributed by atoms with van der Waals surface area (Å²) in [6.07, 6.45) is 6.90. The first-order valence-corrected chi connectivity index (χ1v) is 5.78. The first-order valence-electron chi connectivity index (χ1n) is 5.78. The zero-order valence-corrected chi connectivity index (χ0v) is 9.61. The van der Waals surface area contributed by atoms with Crippen molar-refractivity contribution in [3.63, 3.8) is 0 Å². The second-order valence-electron chi connectivity index (χ2n) is 4.36. The highest BCUT2D eigenvalue weighted by Gasteiger charge is 2.31. The quantitative estimate of drug-likeness (QED) is 0.802. The van der Waals surface area contributed by atoms with Gasteiger partial charge in [0.05, 0.1) is 5.69 Å². The van der Waals surface area contributed by atoms with Gasteiger partial charge in [0.15, 0.2) is 5.82 Å². The van der Waals surface area contributed by atoms with E-state index in [1.807, 2.05) is 13.2 Å². The van der Waals surface area contributed by atoms with Crippen molar-refractivity contribution in [3.05, 3.63) is 6.20 Å². The van der Waals surface area contributed by atoms with E-state index >= 15 is 0 Å². The molecule has 0 atom stereocenters. The Morgan fingerprint density at radius 3 is 2.80 bits per heavy atom. The molecule has 0 aromatic carbocycles. The zero-order valence-electron chi connectivity index (χ0n) is 9.61. The average Bonchev–Trinajstić information content (AvgIpc) is 2.95. The summed E-state index contributed by atoms with van der Waals surface area (Å²) in [6, 6.07) is 0.689. The molecule has 1 aromatic rings. The van der Waals surface area contributed by atoms with Crippen LogP contribution in [0, 0.1) is 0 Å². The Balaban J connectivity index is 2.12. The lowest BCUT2D eigenvalue weighted by atomic mass is 10.3. The van der Waals surface area contributed by atoms with Crippen molar-refractivity contribution in [2.75, 3.05) is 17.2 Å². The molecule has 0 aliphatic heterocycles. The van der Waals surface area contributed by atoms with E-state index in [0.29, 0.717) is 6.04 Å². The Hall–Kier alpha value is -1.19. The van der Waals surface area contributed by atoms with Gasteiger partial charge in [-0.25, -0.2) is 0 Å². The van der Waals surface area contributed by atoms with Gasteiger partial charge in [0, 0.05) is 25.8 Å². The second-order valence-corrected chi connectivity index (χ2v) is 4.36. The maximum atomic E-state index is 5.95. The van der Waals surface area contributed by atoms with Crippen LogP contribution < -0.4 is 10.6 Å². The first-order chi connectivity index (χ1) is 7.22. The number of aromatic nitrogens is 2. The molecule has 0 bridgehead atoms. The Kier molecular flexibility index (Phi) is 2.84. The van der Waals surface area contributed by atoms with E-state index in [1.165, 1.54) is 25.7 Å². The summed E-state index contributed by atoms with van der Waals surface area (Å²) < 4.78 is 1.80. The summed E-state index contributed by atoms with van der Waals surface area (Å²) in [7, 11) is 1.92. The number of aryl methyl sites for hydroxylation is 1. The molecular formula is C11H20N4. The van der Waals surface area contributed by atoms with Crippen LogP contribution in [0.1, 0.15) is 32.6 Å². The number of nitrogens with two attached hydrogens (primary N) is 1. The average molecular weight is 208 g/mol. The minimum atomic E-state index is 0.689. The van der Waals surface area contributed by atoms with Crippen LogP contribution in [-0.2, 0) is 7.05 Å². The number of nitrogens with zero attached hydrogens (tertiary/aromatic N) is 3. The molecule has 1 aliphatic rings. The molecule has 2 N–H and O–H groups in total. The molecule has 0 amide bonds. The van der Waals surface area contributed by atoms with Gasteiger partial charge in [0.1, 0.15) is 0 Å². The predicted molar refractivity (Wildman–Crippen MR) is 62.9 cm³/mol. The highest BCUT2D eigenvalue weighted by atomic mass is 15.4. The van der Waals surface area contributed by atoms with Crippen molar-refractivity contribution in [3.8, 4) is 0 Å². The minimum absolute atomic E-state index is 0.689. The van der Waals surface area contributed by atoms with Crippen LogP contribution in [0.2, 0.25) is 0 Å². The fourth-order valence-corrected chi connectivity index (χ4v) is 1.89. The molecule has 1 fully saturated rings. The van der Waals surface area contributed by atoms with E-state index in [-0.39, 0.29) is 0 Å². The van der Waals surface area contributed by atoms with Gasteiger partial charge < -0.3 is 10.6 Å². The molecule has 1 aliphatic carbocycles. The molecule has 0 saturated heterocycles. The van der Waals surface area contributed by atoms with Crippen molar-refractivity contribution >= 4 is 11.5 Å². The Labute approximate surface area is 91.1 Å². The van der Waals surface area contributed by atoms with E-state index in [2.05, 4.69) is 16.9 Å². The molecule has 0 unspecified atom stereocenters. The third-order valence-electron chi connectivity index (χ3n) is 2.85. The monoisotopic (exact) mass is 208 g/mol. The highest BCUT2D eigenvalue weighted by Crippen LogP contribution is 2.33. The number of nitrogen functional groups attached to an aromatic ring is 1. The van der Waals surface area contributed by atoms with Gasteiger partial charge in [-0.3, -0.25) is 4.68 Å². The topological polar surface area (TPSA) is 47.1 Å². The number of unbranched alkanes of at least 4 members (excludes halogenated alkanes) is 1. The number of rotatable bonds is 5. The van der Waals surface area contributed by atoms with Crippen molar-refractivity contribution < 1.29 is 0 Å². The number of hydrogen-bond donors (Lipinski definition) is 1. The summed E-state index contributed by atoms with van der Waals surface area (Å²) in [6.45, 7) is 3.30. The first kappa shape index (κ1) is 10.3. The van der Waals surface area contributed by atoms with E-state index < -0.39 is 0 Å². The van der Waals surface area contributed by atoms with E-state index in [9.17, 15) is 0 Å². The van der Waals surface area contributed by atoms with Gasteiger partial charge in [0.2, 0.25) is 0 Å². The van der Waals surface area contributed by atoms with Crippen LogP contribution in [0.4, 0.5) is 11.5 Å². The van der Waals surface area contributed by atoms with E-state index in [4.69, 9.17) is 5.73 Å². The van der Waals surface area contributed by atoms with Crippen molar-refractivity contribution in [1.82, 2.24) is 9.78 Å². The fourth-order valence-electron chi connectivity index (χ4n) is 1.89. The molecule has 0 spiro atoms. The lowest BCUT2D eigenvalue weighted by Crippen LogP contribution is -2.28. The largest absolute Gasteiger partial charge is 0.394 e. The Bertz CT molecular complexity index is 327. The number of hydrogen-bond acceptors (Lipinski definition) is 3. The summed E-state index contributed by atoms with van der Waals surface area (Å²) in [5.41, 5.74) is 6.76. The molecule has 15 heavy (non-hydrogen) atoms. The van der Waals surface area contributed by atoms with Crippen LogP contribution in [0.3, 0.4) is 0 Å². The van der Waals surface area contributed by atoms with E-state index in [1.54, 1.807) is 4.68 Å². The van der Waals surface area contributed by atoms with E-state index in [0.717, 1.165) is 18.1 Å². The fraction of sp³-hybridized carbons (Fsp3) is 0.727. The van der Waals surface area contributed by atoms with Gasteiger partial charge in [-0.05, 0) is 19.3 Å². The van der Waals surface area contributed by atoms with Gasteiger partial charge in [-0.15, -0.1) is 0 Å². The maximum Gasteiger partial charge on any atom is 0.174 e. The summed E-state index contributed by atoms with van der Waals surface area (Å²) in [4.78, 5) is 2.37. The summed E-state index contributed by atoms with van der Waals surface area (Å²) in [5, 5.41) is 4.44. The molecule has 1 heterocycles. The molecule has 0 radical (unpaired) electrons. The van der Waals surface area contributed by atoms with Crippen LogP contribution in [0.5, 0.6) is 0 Å². The molecule has 4 nitrogen and oxygen atoms in total. The molecular weight excluding hydrogens is 188 g/mol. The standard InChI is InChI=1S/C11H20N4/c1-3-4-7-15(9-5-6-9)11-10(12)8-14(2)13-11/h8-9H,3-7,12H2,1-2H3. The van der Waals surface area contributed by atoms with Gasteiger partial charge in [-0.1, -0.05) is 13.3 Å². The minimum Gasteiger partial charge on any atom is -0.394 e. The zero-order chi connectivity index (χ0) is 10.8. The Morgan fingerprint density at radius 2 is 2.33 bits per heavy atom. The SMILES string of the molecule is CCCCN(c1nn(C)cc1N)C1CC1. The van der Waals surface area contributed by atoms with Crippen LogP contribution in [-0.4, -0.2) is 22.4 Å². The van der Waals surface area contributed by atoms with Crippen molar-refractivity contribution in [2.45, 2.75) is 38.6 Å². The Morgan fingerprint density at radius 1 is 1.60 bits per heavy atom. The smallest absolute Gasteiger partial charge is 0.174 e. The van der Waals surface area contributed by atoms with Gasteiger partial charge in [0.25, 0.3) is 0 Å². The van der Waals surface area contributed by atoms with Gasteiger partial charge in [-0.2, -0.15) is 5.10 Å². The molecule has 2 rings (SSSR count). The predicted octanol–water partition coefficient (Wildman–Crippen LogP) is 1.77. The third-order valence-corrected chi connectivity index (χ3v) is 2.85. The van der Waals surface area contributed by atoms with Gasteiger partial charge >= 0.3 is 0 Å². The lowest BCUT2D eigenvalue weighted by Gasteiger charge is -2.22. The molecule has 1 aromatic heterocycles. The molecule has 1 saturated carbocycles. The van der Waals surface area contributed by atoms with Crippen LogP contribution in [0.25, 0.3) is 0 Å². The van der Waals surface area contributed by atoms with Crippen LogP contribution >= 0.6 is 0 Å². The number of anilines is 2. The van der Waals surface area contributed by atoms with Crippen LogP contribution in [0.15, 0.2) is 6.20 Å².